The monoisotopic (exact) mass is 533 g/mol. The van der Waals surface area contributed by atoms with Gasteiger partial charge in [0.1, 0.15) is 12.4 Å². The van der Waals surface area contributed by atoms with E-state index in [1.807, 2.05) is 30.3 Å². The molecule has 4 aliphatic carbocycles. The number of anilines is 1. The molecule has 3 aromatic rings. The van der Waals surface area contributed by atoms with Crippen LogP contribution in [0.15, 0.2) is 91.0 Å². The quantitative estimate of drug-likeness (QED) is 0.178. The van der Waals surface area contributed by atoms with Crippen molar-refractivity contribution in [2.75, 3.05) is 11.5 Å². The highest BCUT2D eigenvalue weighted by molar-refractivity contribution is 6.24. The van der Waals surface area contributed by atoms with Crippen molar-refractivity contribution in [2.45, 2.75) is 13.0 Å². The number of carbonyl (C=O) groups is 4. The molecule has 2 amide bonds. The molecule has 1 aliphatic heterocycles. The standard InChI is InChI=1S/C33H27NO6/c35-28(20-10-12-21(13-11-20)39-17-19-6-2-1-3-7-19)18-40-33(38)24-8-4-5-9-27(24)34-31(36)29-22-14-15-23(26-16-25(22)26)30(29)32(34)37/h1-15,22-23,25-26,29-30H,16-18H2/t22-,23+,25-,26-,29+,30+/m1/s1. The third-order valence-electron chi connectivity index (χ3n) is 8.79. The highest BCUT2D eigenvalue weighted by Crippen LogP contribution is 2.65. The van der Waals surface area contributed by atoms with Crippen LogP contribution in [0.2, 0.25) is 0 Å². The fourth-order valence-electron chi connectivity index (χ4n) is 6.81. The summed E-state index contributed by atoms with van der Waals surface area (Å²) in [6.07, 6.45) is 5.31. The maximum atomic E-state index is 13.5. The summed E-state index contributed by atoms with van der Waals surface area (Å²) >= 11 is 0. The van der Waals surface area contributed by atoms with E-state index in [4.69, 9.17) is 9.47 Å². The molecule has 0 spiro atoms. The molecule has 3 aromatic carbocycles. The zero-order chi connectivity index (χ0) is 27.4. The molecule has 5 aliphatic rings. The summed E-state index contributed by atoms with van der Waals surface area (Å²) in [6, 6.07) is 22.9. The van der Waals surface area contributed by atoms with Gasteiger partial charge in [-0.25, -0.2) is 9.69 Å². The number of carbonyl (C=O) groups excluding carboxylic acids is 4. The van der Waals surface area contributed by atoms with E-state index >= 15 is 0 Å². The summed E-state index contributed by atoms with van der Waals surface area (Å²) in [6.45, 7) is -0.0599. The summed E-state index contributed by atoms with van der Waals surface area (Å²) in [5, 5.41) is 0. The SMILES string of the molecule is O=C(COC(=O)c1ccccc1N1C(=O)[C@H]2[C@@H]3C=C[C@@H]([C@H]4C[C@H]34)[C@@H]2C1=O)c1ccc(OCc2ccccc2)cc1. The number of amides is 2. The van der Waals surface area contributed by atoms with E-state index in [1.165, 1.54) is 11.0 Å². The molecule has 1 heterocycles. The molecule has 7 heteroatoms. The van der Waals surface area contributed by atoms with Crippen molar-refractivity contribution in [3.05, 3.63) is 108 Å². The second kappa shape index (κ2) is 9.59. The van der Waals surface area contributed by atoms with Crippen molar-refractivity contribution in [3.63, 3.8) is 0 Å². The first-order valence-electron chi connectivity index (χ1n) is 13.6. The lowest BCUT2D eigenvalue weighted by Crippen LogP contribution is -2.40. The van der Waals surface area contributed by atoms with Crippen molar-refractivity contribution in [2.24, 2.45) is 35.5 Å². The van der Waals surface area contributed by atoms with Crippen LogP contribution in [0, 0.1) is 35.5 Å². The van der Waals surface area contributed by atoms with Crippen molar-refractivity contribution < 1.29 is 28.7 Å². The molecule has 0 radical (unpaired) electrons. The number of nitrogens with zero attached hydrogens (tertiary/aromatic N) is 1. The second-order valence-corrected chi connectivity index (χ2v) is 11.0. The number of imide groups is 1. The number of hydrogen-bond acceptors (Lipinski definition) is 6. The van der Waals surface area contributed by atoms with Crippen molar-refractivity contribution in [3.8, 4) is 5.75 Å². The number of ketones is 1. The average Bonchev–Trinajstić information content (AvgIpc) is 3.78. The number of Topliss-reactive ketones (excluding diaryl/α,β-unsaturated/α-hetero) is 1. The van der Waals surface area contributed by atoms with E-state index in [0.29, 0.717) is 29.8 Å². The Bertz CT molecular complexity index is 1510. The van der Waals surface area contributed by atoms with Crippen molar-refractivity contribution in [1.29, 1.82) is 0 Å². The van der Waals surface area contributed by atoms with Gasteiger partial charge in [-0.3, -0.25) is 14.4 Å². The first kappa shape index (κ1) is 24.5. The number of esters is 1. The normalized spacial score (nSPS) is 27.2. The minimum Gasteiger partial charge on any atom is -0.489 e. The number of benzene rings is 3. The molecule has 7 nitrogen and oxygen atoms in total. The molecule has 8 rings (SSSR count). The van der Waals surface area contributed by atoms with E-state index in [0.717, 1.165) is 12.0 Å². The summed E-state index contributed by atoms with van der Waals surface area (Å²) in [5.41, 5.74) is 1.72. The van der Waals surface area contributed by atoms with Gasteiger partial charge in [0.25, 0.3) is 0 Å². The van der Waals surface area contributed by atoms with Gasteiger partial charge in [0.2, 0.25) is 11.8 Å². The van der Waals surface area contributed by atoms with Crippen LogP contribution in [0.3, 0.4) is 0 Å². The van der Waals surface area contributed by atoms with E-state index in [2.05, 4.69) is 12.2 Å². The van der Waals surface area contributed by atoms with Gasteiger partial charge in [-0.1, -0.05) is 54.6 Å². The lowest BCUT2D eigenvalue weighted by atomic mass is 9.63. The molecule has 6 atom stereocenters. The number of hydrogen-bond donors (Lipinski definition) is 0. The third kappa shape index (κ3) is 4.04. The Hall–Kier alpha value is -4.52. The predicted molar refractivity (Wildman–Crippen MR) is 145 cm³/mol. The lowest BCUT2D eigenvalue weighted by Gasteiger charge is -2.37. The first-order valence-corrected chi connectivity index (χ1v) is 13.6. The van der Waals surface area contributed by atoms with Crippen molar-refractivity contribution >= 4 is 29.3 Å². The molecule has 3 fully saturated rings. The van der Waals surface area contributed by atoms with Gasteiger partial charge in [-0.15, -0.1) is 0 Å². The molecule has 2 bridgehead atoms. The molecular formula is C33H27NO6. The summed E-state index contributed by atoms with van der Waals surface area (Å²) in [4.78, 5) is 54.1. The van der Waals surface area contributed by atoms with Gasteiger partial charge < -0.3 is 9.47 Å². The summed E-state index contributed by atoms with van der Waals surface area (Å²) in [7, 11) is 0. The molecule has 0 unspecified atom stereocenters. The van der Waals surface area contributed by atoms with E-state index in [1.54, 1.807) is 42.5 Å². The van der Waals surface area contributed by atoms with Gasteiger partial charge in [-0.05, 0) is 72.1 Å². The molecule has 2 saturated carbocycles. The van der Waals surface area contributed by atoms with Crippen LogP contribution in [-0.2, 0) is 20.9 Å². The topological polar surface area (TPSA) is 90.0 Å². The van der Waals surface area contributed by atoms with Gasteiger partial charge in [0.05, 0.1) is 23.1 Å². The Balaban J connectivity index is 1.01. The van der Waals surface area contributed by atoms with Gasteiger partial charge in [0.15, 0.2) is 12.4 Å². The maximum absolute atomic E-state index is 13.5. The number of rotatable bonds is 8. The summed E-state index contributed by atoms with van der Waals surface area (Å²) in [5.74, 6) is -0.570. The smallest absolute Gasteiger partial charge is 0.340 e. The summed E-state index contributed by atoms with van der Waals surface area (Å²) < 4.78 is 11.1. The van der Waals surface area contributed by atoms with Crippen LogP contribution >= 0.6 is 0 Å². The Morgan fingerprint density at radius 2 is 1.40 bits per heavy atom. The Kier molecular flexibility index (Phi) is 5.88. The van der Waals surface area contributed by atoms with Crippen LogP contribution in [0.4, 0.5) is 5.69 Å². The zero-order valence-electron chi connectivity index (χ0n) is 21.6. The first-order chi connectivity index (χ1) is 19.5. The molecule has 0 N–H and O–H groups in total. The van der Waals surface area contributed by atoms with Crippen LogP contribution in [0.5, 0.6) is 5.75 Å². The maximum Gasteiger partial charge on any atom is 0.340 e. The van der Waals surface area contributed by atoms with E-state index in [-0.39, 0.29) is 52.5 Å². The molecule has 200 valence electrons. The zero-order valence-corrected chi connectivity index (χ0v) is 21.6. The molecule has 0 aromatic heterocycles. The molecular weight excluding hydrogens is 506 g/mol. The number of ether oxygens (including phenoxy) is 2. The highest BCUT2D eigenvalue weighted by Gasteiger charge is 2.67. The lowest BCUT2D eigenvalue weighted by molar-refractivity contribution is -0.124. The Morgan fingerprint density at radius 3 is 2.08 bits per heavy atom. The van der Waals surface area contributed by atoms with Crippen LogP contribution < -0.4 is 9.64 Å². The largest absolute Gasteiger partial charge is 0.489 e. The third-order valence-corrected chi connectivity index (χ3v) is 8.79. The predicted octanol–water partition coefficient (Wildman–Crippen LogP) is 4.86. The minimum absolute atomic E-state index is 0.0887. The van der Waals surface area contributed by atoms with Crippen LogP contribution in [0.1, 0.15) is 32.7 Å². The molecule has 1 saturated heterocycles. The van der Waals surface area contributed by atoms with Crippen LogP contribution in [-0.4, -0.2) is 30.2 Å². The number of allylic oxidation sites excluding steroid dienone is 2. The fraction of sp³-hybridized carbons (Fsp3) is 0.273. The molecule has 40 heavy (non-hydrogen) atoms. The Morgan fingerprint density at radius 1 is 0.775 bits per heavy atom. The van der Waals surface area contributed by atoms with Crippen molar-refractivity contribution in [1.82, 2.24) is 0 Å². The van der Waals surface area contributed by atoms with E-state index in [9.17, 15) is 19.2 Å². The minimum atomic E-state index is -0.758. The van der Waals surface area contributed by atoms with Crippen LogP contribution in [0.25, 0.3) is 0 Å². The highest BCUT2D eigenvalue weighted by atomic mass is 16.5. The number of para-hydroxylation sites is 1. The van der Waals surface area contributed by atoms with E-state index < -0.39 is 12.6 Å². The fourth-order valence-corrected chi connectivity index (χ4v) is 6.81. The Labute approximate surface area is 231 Å². The average molecular weight is 534 g/mol. The second-order valence-electron chi connectivity index (χ2n) is 11.0. The van der Waals surface area contributed by atoms with Gasteiger partial charge >= 0.3 is 5.97 Å². The van der Waals surface area contributed by atoms with Gasteiger partial charge in [-0.2, -0.15) is 0 Å². The van der Waals surface area contributed by atoms with Gasteiger partial charge in [0, 0.05) is 5.56 Å².